The highest BCUT2D eigenvalue weighted by Crippen LogP contribution is 2.24. The van der Waals surface area contributed by atoms with Crippen molar-refractivity contribution in [2.45, 2.75) is 20.3 Å². The largest absolute Gasteiger partial charge is 0.481 e. The van der Waals surface area contributed by atoms with Gasteiger partial charge in [0.15, 0.2) is 5.58 Å². The van der Waals surface area contributed by atoms with E-state index in [1.807, 2.05) is 6.07 Å². The highest BCUT2D eigenvalue weighted by atomic mass is 16.4. The Morgan fingerprint density at radius 2 is 2.11 bits per heavy atom. The number of aliphatic carboxylic acids is 1. The molecule has 0 aliphatic heterocycles. The fourth-order valence-corrected chi connectivity index (χ4v) is 1.87. The predicted molar refractivity (Wildman–Crippen MR) is 66.6 cm³/mol. The van der Waals surface area contributed by atoms with Crippen LogP contribution in [0.4, 0.5) is 0 Å². The van der Waals surface area contributed by atoms with Crippen LogP contribution in [-0.2, 0) is 18.3 Å². The van der Waals surface area contributed by atoms with Crippen molar-refractivity contribution in [3.05, 3.63) is 34.3 Å². The number of fused-ring (bicyclic) bond motifs is 1. The van der Waals surface area contributed by atoms with E-state index in [-0.39, 0.29) is 0 Å². The zero-order valence-electron chi connectivity index (χ0n) is 10.6. The number of aromatic nitrogens is 1. The Labute approximate surface area is 104 Å². The minimum atomic E-state index is -0.850. The van der Waals surface area contributed by atoms with Crippen molar-refractivity contribution < 1.29 is 14.3 Å². The average molecular weight is 249 g/mol. The molecule has 0 aliphatic rings. The molecule has 1 heterocycles. The second kappa shape index (κ2) is 4.01. The number of rotatable bonds is 3. The zero-order chi connectivity index (χ0) is 13.5. The van der Waals surface area contributed by atoms with Crippen molar-refractivity contribution in [3.8, 4) is 0 Å². The highest BCUT2D eigenvalue weighted by molar-refractivity contribution is 5.76. The lowest BCUT2D eigenvalue weighted by molar-refractivity contribution is -0.146. The van der Waals surface area contributed by atoms with E-state index in [2.05, 4.69) is 0 Å². The van der Waals surface area contributed by atoms with Gasteiger partial charge in [0, 0.05) is 7.05 Å². The molecule has 5 heteroatoms. The van der Waals surface area contributed by atoms with Gasteiger partial charge in [0.25, 0.3) is 0 Å². The van der Waals surface area contributed by atoms with Crippen LogP contribution in [0.2, 0.25) is 0 Å². The summed E-state index contributed by atoms with van der Waals surface area (Å²) >= 11 is 0. The molecular formula is C13H15NO4. The molecule has 0 radical (unpaired) electrons. The molecule has 0 spiro atoms. The molecule has 0 fully saturated rings. The van der Waals surface area contributed by atoms with Gasteiger partial charge in [0.05, 0.1) is 10.9 Å². The van der Waals surface area contributed by atoms with Gasteiger partial charge >= 0.3 is 11.7 Å². The number of aryl methyl sites for hydroxylation is 1. The van der Waals surface area contributed by atoms with Gasteiger partial charge in [0.1, 0.15) is 0 Å². The molecular weight excluding hydrogens is 234 g/mol. The third kappa shape index (κ3) is 2.03. The van der Waals surface area contributed by atoms with Crippen LogP contribution in [0.15, 0.2) is 27.4 Å². The van der Waals surface area contributed by atoms with Gasteiger partial charge in [-0.3, -0.25) is 9.36 Å². The van der Waals surface area contributed by atoms with E-state index in [9.17, 15) is 9.59 Å². The fraction of sp³-hybridized carbons (Fsp3) is 0.385. The first kappa shape index (κ1) is 12.4. The number of carboxylic acid groups (broad SMARTS) is 1. The molecule has 96 valence electrons. The molecule has 1 N–H and O–H groups in total. The molecule has 1 aromatic carbocycles. The molecule has 5 nitrogen and oxygen atoms in total. The Bertz CT molecular complexity index is 663. The SMILES string of the molecule is Cn1c(=O)oc2cc(CC(C)(C)C(=O)O)ccc21. The first-order valence-electron chi connectivity index (χ1n) is 5.63. The summed E-state index contributed by atoms with van der Waals surface area (Å²) in [5.41, 5.74) is 1.19. The lowest BCUT2D eigenvalue weighted by Gasteiger charge is -2.18. The van der Waals surface area contributed by atoms with Crippen LogP contribution < -0.4 is 5.76 Å². The van der Waals surface area contributed by atoms with Crippen molar-refractivity contribution in [1.82, 2.24) is 4.57 Å². The van der Waals surface area contributed by atoms with E-state index < -0.39 is 17.1 Å². The topological polar surface area (TPSA) is 72.4 Å². The van der Waals surface area contributed by atoms with Crippen LogP contribution in [-0.4, -0.2) is 15.6 Å². The minimum Gasteiger partial charge on any atom is -0.481 e. The van der Waals surface area contributed by atoms with E-state index in [4.69, 9.17) is 9.52 Å². The fourth-order valence-electron chi connectivity index (χ4n) is 1.87. The molecule has 0 atom stereocenters. The van der Waals surface area contributed by atoms with Gasteiger partial charge in [-0.15, -0.1) is 0 Å². The summed E-state index contributed by atoms with van der Waals surface area (Å²) in [4.78, 5) is 22.4. The maximum Gasteiger partial charge on any atom is 0.419 e. The molecule has 0 unspecified atom stereocenters. The Morgan fingerprint density at radius 3 is 2.72 bits per heavy atom. The normalized spacial score (nSPS) is 11.9. The predicted octanol–water partition coefficient (Wildman–Crippen LogP) is 1.78. The van der Waals surface area contributed by atoms with E-state index in [1.165, 1.54) is 4.57 Å². The Kier molecular flexibility index (Phi) is 2.77. The highest BCUT2D eigenvalue weighted by Gasteiger charge is 2.27. The smallest absolute Gasteiger partial charge is 0.419 e. The van der Waals surface area contributed by atoms with E-state index in [1.54, 1.807) is 33.0 Å². The summed E-state index contributed by atoms with van der Waals surface area (Å²) in [6, 6.07) is 5.32. The summed E-state index contributed by atoms with van der Waals surface area (Å²) in [5.74, 6) is -1.27. The standard InChI is InChI=1S/C13H15NO4/c1-13(2,11(15)16)7-8-4-5-9-10(6-8)18-12(17)14(9)3/h4-6H,7H2,1-3H3,(H,15,16). The maximum absolute atomic E-state index is 11.3. The quantitative estimate of drug-likeness (QED) is 0.900. The zero-order valence-corrected chi connectivity index (χ0v) is 10.6. The Hall–Kier alpha value is -2.04. The average Bonchev–Trinajstić information content (AvgIpc) is 2.53. The lowest BCUT2D eigenvalue weighted by Crippen LogP contribution is -2.26. The van der Waals surface area contributed by atoms with Crippen molar-refractivity contribution >= 4 is 17.1 Å². The van der Waals surface area contributed by atoms with Crippen molar-refractivity contribution in [1.29, 1.82) is 0 Å². The van der Waals surface area contributed by atoms with Crippen molar-refractivity contribution in [3.63, 3.8) is 0 Å². The van der Waals surface area contributed by atoms with E-state index in [0.717, 1.165) is 5.56 Å². The molecule has 1 aromatic heterocycles. The first-order chi connectivity index (χ1) is 8.31. The second-order valence-electron chi connectivity index (χ2n) is 5.09. The summed E-state index contributed by atoms with van der Waals surface area (Å²) < 4.78 is 6.49. The number of oxazole rings is 1. The van der Waals surface area contributed by atoms with Crippen LogP contribution in [0.25, 0.3) is 11.1 Å². The monoisotopic (exact) mass is 249 g/mol. The molecule has 2 rings (SSSR count). The third-order valence-corrected chi connectivity index (χ3v) is 3.08. The van der Waals surface area contributed by atoms with Crippen LogP contribution in [0.3, 0.4) is 0 Å². The Morgan fingerprint density at radius 1 is 1.44 bits per heavy atom. The summed E-state index contributed by atoms with van der Waals surface area (Å²) in [6.45, 7) is 3.33. The number of hydrogen-bond acceptors (Lipinski definition) is 3. The molecule has 2 aromatic rings. The summed E-state index contributed by atoms with van der Waals surface area (Å²) in [6.07, 6.45) is 0.386. The first-order valence-corrected chi connectivity index (χ1v) is 5.63. The molecule has 0 bridgehead atoms. The lowest BCUT2D eigenvalue weighted by atomic mass is 9.86. The van der Waals surface area contributed by atoms with Crippen LogP contribution in [0.5, 0.6) is 0 Å². The molecule has 18 heavy (non-hydrogen) atoms. The maximum atomic E-state index is 11.3. The van der Waals surface area contributed by atoms with Crippen LogP contribution >= 0.6 is 0 Å². The van der Waals surface area contributed by atoms with Gasteiger partial charge in [0.2, 0.25) is 0 Å². The number of carboxylic acids is 1. The summed E-state index contributed by atoms with van der Waals surface area (Å²) in [5, 5.41) is 9.09. The Balaban J connectivity index is 2.43. The van der Waals surface area contributed by atoms with Gasteiger partial charge in [-0.25, -0.2) is 4.79 Å². The van der Waals surface area contributed by atoms with Gasteiger partial charge in [-0.05, 0) is 38.0 Å². The van der Waals surface area contributed by atoms with Gasteiger partial charge in [-0.2, -0.15) is 0 Å². The van der Waals surface area contributed by atoms with E-state index in [0.29, 0.717) is 17.5 Å². The number of hydrogen-bond donors (Lipinski definition) is 1. The van der Waals surface area contributed by atoms with Crippen molar-refractivity contribution in [2.24, 2.45) is 12.5 Å². The number of benzene rings is 1. The van der Waals surface area contributed by atoms with Gasteiger partial charge < -0.3 is 9.52 Å². The number of carbonyl (C=O) groups is 1. The van der Waals surface area contributed by atoms with Gasteiger partial charge in [-0.1, -0.05) is 6.07 Å². The minimum absolute atomic E-state index is 0.386. The molecule has 0 aliphatic carbocycles. The third-order valence-electron chi connectivity index (χ3n) is 3.08. The van der Waals surface area contributed by atoms with Crippen molar-refractivity contribution in [2.75, 3.05) is 0 Å². The molecule has 0 saturated heterocycles. The summed E-state index contributed by atoms with van der Waals surface area (Å²) in [7, 11) is 1.63. The molecule has 0 saturated carbocycles. The second-order valence-corrected chi connectivity index (χ2v) is 5.09. The molecule has 0 amide bonds. The van der Waals surface area contributed by atoms with Crippen LogP contribution in [0, 0.1) is 5.41 Å². The number of nitrogens with zero attached hydrogens (tertiary/aromatic N) is 1. The van der Waals surface area contributed by atoms with E-state index >= 15 is 0 Å². The van der Waals surface area contributed by atoms with Crippen LogP contribution in [0.1, 0.15) is 19.4 Å².